The van der Waals surface area contributed by atoms with Crippen LogP contribution in [-0.4, -0.2) is 16.8 Å². The number of nitrogens with zero attached hydrogens (tertiary/aromatic N) is 2. The van der Waals surface area contributed by atoms with Crippen molar-refractivity contribution < 1.29 is 9.47 Å². The summed E-state index contributed by atoms with van der Waals surface area (Å²) in [6.07, 6.45) is 3.61. The zero-order valence-corrected chi connectivity index (χ0v) is 11.3. The summed E-state index contributed by atoms with van der Waals surface area (Å²) >= 11 is 1.63. The maximum atomic E-state index is 5.37. The van der Waals surface area contributed by atoms with Gasteiger partial charge in [0.05, 0.1) is 0 Å². The Morgan fingerprint density at radius 1 is 1.00 bits per heavy atom. The van der Waals surface area contributed by atoms with Crippen LogP contribution in [0.2, 0.25) is 0 Å². The largest absolute Gasteiger partial charge is 0.452 e. The average Bonchev–Trinajstić information content (AvgIpc) is 3.18. The van der Waals surface area contributed by atoms with Crippen LogP contribution in [-0.2, 0) is 0 Å². The standard InChI is InChI=1S/C15H10N2O2S/c1-2-10(6-11(3-1)15-16-4-5-20-15)12-7-13-14(17-8-12)19-9-18-13/h1-8H,9H2. The number of ether oxygens (including phenoxy) is 2. The van der Waals surface area contributed by atoms with Crippen LogP contribution in [0.1, 0.15) is 0 Å². The number of aromatic nitrogens is 2. The van der Waals surface area contributed by atoms with E-state index in [-0.39, 0.29) is 6.79 Å². The average molecular weight is 282 g/mol. The van der Waals surface area contributed by atoms with Gasteiger partial charge in [-0.2, -0.15) is 0 Å². The maximum Gasteiger partial charge on any atom is 0.260 e. The first-order valence-electron chi connectivity index (χ1n) is 6.16. The van der Waals surface area contributed by atoms with E-state index >= 15 is 0 Å². The molecular weight excluding hydrogens is 272 g/mol. The fraction of sp³-hybridized carbons (Fsp3) is 0.0667. The molecule has 4 rings (SSSR count). The lowest BCUT2D eigenvalue weighted by atomic mass is 10.0. The van der Waals surface area contributed by atoms with Crippen molar-refractivity contribution in [1.82, 2.24) is 9.97 Å². The predicted molar refractivity (Wildman–Crippen MR) is 76.9 cm³/mol. The molecule has 0 N–H and O–H groups in total. The molecule has 2 aromatic heterocycles. The van der Waals surface area contributed by atoms with E-state index in [4.69, 9.17) is 9.47 Å². The Labute approximate surface area is 119 Å². The van der Waals surface area contributed by atoms with Gasteiger partial charge in [-0.15, -0.1) is 11.3 Å². The van der Waals surface area contributed by atoms with Crippen LogP contribution in [0, 0.1) is 0 Å². The van der Waals surface area contributed by atoms with Gasteiger partial charge in [-0.25, -0.2) is 9.97 Å². The number of thiazole rings is 1. The van der Waals surface area contributed by atoms with Crippen LogP contribution in [0.4, 0.5) is 0 Å². The Hall–Kier alpha value is -2.40. The summed E-state index contributed by atoms with van der Waals surface area (Å²) in [6.45, 7) is 0.241. The number of hydrogen-bond acceptors (Lipinski definition) is 5. The molecule has 0 bridgehead atoms. The van der Waals surface area contributed by atoms with E-state index in [0.717, 1.165) is 21.7 Å². The molecular formula is C15H10N2O2S. The first kappa shape index (κ1) is 11.4. The number of hydrogen-bond donors (Lipinski definition) is 0. The first-order chi connectivity index (χ1) is 9.90. The second kappa shape index (κ2) is 4.61. The second-order valence-electron chi connectivity index (χ2n) is 4.35. The number of rotatable bonds is 2. The van der Waals surface area contributed by atoms with E-state index < -0.39 is 0 Å². The van der Waals surface area contributed by atoms with E-state index in [0.29, 0.717) is 11.6 Å². The lowest BCUT2D eigenvalue weighted by Crippen LogP contribution is -1.93. The molecule has 0 unspecified atom stereocenters. The molecule has 0 amide bonds. The van der Waals surface area contributed by atoms with E-state index in [1.165, 1.54) is 0 Å². The fourth-order valence-electron chi connectivity index (χ4n) is 2.15. The second-order valence-corrected chi connectivity index (χ2v) is 5.25. The van der Waals surface area contributed by atoms with Crippen LogP contribution in [0.5, 0.6) is 11.6 Å². The van der Waals surface area contributed by atoms with Gasteiger partial charge in [-0.3, -0.25) is 0 Å². The normalized spacial score (nSPS) is 12.6. The lowest BCUT2D eigenvalue weighted by molar-refractivity contribution is 0.171. The fourth-order valence-corrected chi connectivity index (χ4v) is 2.78. The number of benzene rings is 1. The first-order valence-corrected chi connectivity index (χ1v) is 7.04. The zero-order chi connectivity index (χ0) is 13.4. The molecule has 3 heterocycles. The summed E-state index contributed by atoms with van der Waals surface area (Å²) in [4.78, 5) is 8.61. The minimum absolute atomic E-state index is 0.241. The van der Waals surface area contributed by atoms with E-state index in [1.54, 1.807) is 17.5 Å². The van der Waals surface area contributed by atoms with Crippen molar-refractivity contribution in [3.63, 3.8) is 0 Å². The third-order valence-corrected chi connectivity index (χ3v) is 3.93. The van der Waals surface area contributed by atoms with E-state index in [2.05, 4.69) is 28.2 Å². The number of fused-ring (bicyclic) bond motifs is 1. The van der Waals surface area contributed by atoms with Gasteiger partial charge in [0.25, 0.3) is 5.88 Å². The summed E-state index contributed by atoms with van der Waals surface area (Å²) in [6, 6.07) is 10.2. The van der Waals surface area contributed by atoms with E-state index in [9.17, 15) is 0 Å². The van der Waals surface area contributed by atoms with Gasteiger partial charge in [0, 0.05) is 28.9 Å². The Kier molecular flexibility index (Phi) is 2.63. The van der Waals surface area contributed by atoms with E-state index in [1.807, 2.05) is 23.7 Å². The summed E-state index contributed by atoms with van der Waals surface area (Å²) < 4.78 is 10.6. The van der Waals surface area contributed by atoms with Crippen LogP contribution in [0.25, 0.3) is 21.7 Å². The summed E-state index contributed by atoms with van der Waals surface area (Å²) in [5, 5.41) is 2.99. The molecule has 1 aliphatic rings. The third kappa shape index (κ3) is 1.92. The van der Waals surface area contributed by atoms with Crippen molar-refractivity contribution in [2.45, 2.75) is 0 Å². The Morgan fingerprint density at radius 2 is 1.95 bits per heavy atom. The molecule has 0 radical (unpaired) electrons. The predicted octanol–water partition coefficient (Wildman–Crippen LogP) is 3.60. The van der Waals surface area contributed by atoms with Crippen molar-refractivity contribution in [3.8, 4) is 33.3 Å². The van der Waals surface area contributed by atoms with Crippen LogP contribution < -0.4 is 9.47 Å². The Morgan fingerprint density at radius 3 is 2.85 bits per heavy atom. The minimum Gasteiger partial charge on any atom is -0.452 e. The maximum absolute atomic E-state index is 5.37. The molecule has 0 spiro atoms. The molecule has 1 aliphatic heterocycles. The molecule has 0 aliphatic carbocycles. The number of pyridine rings is 1. The molecule has 0 atom stereocenters. The van der Waals surface area contributed by atoms with Crippen LogP contribution in [0.15, 0.2) is 48.1 Å². The highest BCUT2D eigenvalue weighted by atomic mass is 32.1. The minimum atomic E-state index is 0.241. The quantitative estimate of drug-likeness (QED) is 0.720. The van der Waals surface area contributed by atoms with Crippen molar-refractivity contribution in [1.29, 1.82) is 0 Å². The molecule has 5 heteroatoms. The monoisotopic (exact) mass is 282 g/mol. The van der Waals surface area contributed by atoms with Gasteiger partial charge in [0.2, 0.25) is 6.79 Å². The van der Waals surface area contributed by atoms with Crippen LogP contribution >= 0.6 is 11.3 Å². The molecule has 4 nitrogen and oxygen atoms in total. The molecule has 1 aromatic carbocycles. The van der Waals surface area contributed by atoms with Gasteiger partial charge in [-0.1, -0.05) is 18.2 Å². The molecule has 3 aromatic rings. The lowest BCUT2D eigenvalue weighted by Gasteiger charge is -2.04. The van der Waals surface area contributed by atoms with Gasteiger partial charge >= 0.3 is 0 Å². The summed E-state index contributed by atoms with van der Waals surface area (Å²) in [7, 11) is 0. The van der Waals surface area contributed by atoms with Gasteiger partial charge in [0.1, 0.15) is 5.01 Å². The highest BCUT2D eigenvalue weighted by molar-refractivity contribution is 7.13. The zero-order valence-electron chi connectivity index (χ0n) is 10.4. The molecule has 0 saturated heterocycles. The Balaban J connectivity index is 1.77. The highest BCUT2D eigenvalue weighted by Gasteiger charge is 2.15. The highest BCUT2D eigenvalue weighted by Crippen LogP contribution is 2.34. The van der Waals surface area contributed by atoms with Crippen molar-refractivity contribution in [3.05, 3.63) is 48.1 Å². The Bertz CT molecular complexity index is 756. The van der Waals surface area contributed by atoms with Crippen molar-refractivity contribution in [2.75, 3.05) is 6.79 Å². The van der Waals surface area contributed by atoms with Gasteiger partial charge in [0.15, 0.2) is 5.75 Å². The van der Waals surface area contributed by atoms with Crippen molar-refractivity contribution >= 4 is 11.3 Å². The topological polar surface area (TPSA) is 44.2 Å². The molecule has 98 valence electrons. The SMILES string of the molecule is c1cc(-c2cnc3c(c2)OCO3)cc(-c2nccs2)c1. The van der Waals surface area contributed by atoms with Crippen LogP contribution in [0.3, 0.4) is 0 Å². The van der Waals surface area contributed by atoms with Crippen molar-refractivity contribution in [2.24, 2.45) is 0 Å². The molecule has 20 heavy (non-hydrogen) atoms. The third-order valence-electron chi connectivity index (χ3n) is 3.10. The van der Waals surface area contributed by atoms with Gasteiger partial charge < -0.3 is 9.47 Å². The van der Waals surface area contributed by atoms with Gasteiger partial charge in [-0.05, 0) is 17.7 Å². The summed E-state index contributed by atoms with van der Waals surface area (Å²) in [5.74, 6) is 1.26. The molecule has 0 saturated carbocycles. The smallest absolute Gasteiger partial charge is 0.260 e. The summed E-state index contributed by atoms with van der Waals surface area (Å²) in [5.41, 5.74) is 3.20. The molecule has 0 fully saturated rings.